The summed E-state index contributed by atoms with van der Waals surface area (Å²) in [5.41, 5.74) is 2.60. The summed E-state index contributed by atoms with van der Waals surface area (Å²) >= 11 is 9.23. The fourth-order valence-corrected chi connectivity index (χ4v) is 3.51. The van der Waals surface area contributed by atoms with Crippen LogP contribution in [-0.2, 0) is 10.0 Å². The molecule has 2 rings (SSSR count). The van der Waals surface area contributed by atoms with Gasteiger partial charge in [-0.25, -0.2) is 13.6 Å². The molecule has 0 unspecified atom stereocenters. The number of primary sulfonamides is 1. The van der Waals surface area contributed by atoms with E-state index < -0.39 is 15.9 Å². The predicted molar refractivity (Wildman–Crippen MR) is 94.4 cm³/mol. The zero-order valence-corrected chi connectivity index (χ0v) is 15.5. The van der Waals surface area contributed by atoms with Gasteiger partial charge in [-0.05, 0) is 65.2 Å². The lowest BCUT2D eigenvalue weighted by Crippen LogP contribution is -2.16. The topological polar surface area (TPSA) is 89.3 Å². The molecule has 8 heteroatoms. The minimum Gasteiger partial charge on any atom is -0.322 e. The third-order valence-corrected chi connectivity index (χ3v) is 5.21. The van der Waals surface area contributed by atoms with Crippen molar-refractivity contribution < 1.29 is 13.2 Å². The molecule has 0 fully saturated rings. The summed E-state index contributed by atoms with van der Waals surface area (Å²) in [6, 6.07) is 7.99. The van der Waals surface area contributed by atoms with Crippen LogP contribution in [-0.4, -0.2) is 14.3 Å². The summed E-state index contributed by atoms with van der Waals surface area (Å²) in [5.74, 6) is -0.522. The van der Waals surface area contributed by atoms with Gasteiger partial charge >= 0.3 is 0 Å². The van der Waals surface area contributed by atoms with E-state index in [-0.39, 0.29) is 20.0 Å². The van der Waals surface area contributed by atoms with Crippen LogP contribution in [0.4, 0.5) is 5.69 Å². The molecule has 0 bridgehead atoms. The molecule has 0 aliphatic rings. The van der Waals surface area contributed by atoms with Crippen molar-refractivity contribution in [2.45, 2.75) is 18.7 Å². The maximum Gasteiger partial charge on any atom is 0.257 e. The first kappa shape index (κ1) is 17.9. The van der Waals surface area contributed by atoms with Gasteiger partial charge in [-0.3, -0.25) is 4.79 Å². The summed E-state index contributed by atoms with van der Waals surface area (Å²) in [6.45, 7) is 3.82. The molecule has 2 aromatic rings. The van der Waals surface area contributed by atoms with Gasteiger partial charge in [0.05, 0.1) is 15.5 Å². The molecule has 0 aromatic heterocycles. The first-order valence-corrected chi connectivity index (χ1v) is 9.21. The van der Waals surface area contributed by atoms with Crippen LogP contribution < -0.4 is 10.5 Å². The van der Waals surface area contributed by atoms with Crippen molar-refractivity contribution in [2.75, 3.05) is 5.32 Å². The molecule has 0 atom stereocenters. The fraction of sp³-hybridized carbons (Fsp3) is 0.133. The van der Waals surface area contributed by atoms with Crippen LogP contribution in [0, 0.1) is 13.8 Å². The third-order valence-electron chi connectivity index (χ3n) is 3.05. The van der Waals surface area contributed by atoms with Crippen molar-refractivity contribution in [3.8, 4) is 0 Å². The van der Waals surface area contributed by atoms with Crippen LogP contribution in [0.25, 0.3) is 0 Å². The average molecular weight is 418 g/mol. The first-order valence-electron chi connectivity index (χ1n) is 6.49. The number of aryl methyl sites for hydroxylation is 2. The van der Waals surface area contributed by atoms with Gasteiger partial charge < -0.3 is 5.32 Å². The van der Waals surface area contributed by atoms with Crippen molar-refractivity contribution in [2.24, 2.45) is 5.14 Å². The summed E-state index contributed by atoms with van der Waals surface area (Å²) in [7, 11) is -3.95. The number of carbonyl (C=O) groups excluding carboxylic acids is 1. The molecule has 5 nitrogen and oxygen atoms in total. The molecule has 122 valence electrons. The number of amides is 1. The van der Waals surface area contributed by atoms with E-state index in [1.54, 1.807) is 12.1 Å². The van der Waals surface area contributed by atoms with E-state index >= 15 is 0 Å². The second-order valence-corrected chi connectivity index (χ2v) is 7.94. The molecule has 0 heterocycles. The Morgan fingerprint density at radius 2 is 1.70 bits per heavy atom. The van der Waals surface area contributed by atoms with E-state index in [4.69, 9.17) is 16.7 Å². The molecule has 0 aliphatic carbocycles. The molecule has 3 N–H and O–H groups in total. The maximum absolute atomic E-state index is 12.4. The molecule has 0 saturated heterocycles. The standard InChI is InChI=1S/C15H14BrClN2O3S/c1-8-3-9(2)5-10(4-8)19-15(20)12-6-11(23(18,21)22)7-13(16)14(12)17/h3-7H,1-2H3,(H,19,20)(H2,18,21,22). The molecule has 23 heavy (non-hydrogen) atoms. The summed E-state index contributed by atoms with van der Waals surface area (Å²) < 4.78 is 23.3. The molecule has 2 aromatic carbocycles. The van der Waals surface area contributed by atoms with Gasteiger partial charge in [-0.2, -0.15) is 0 Å². The lowest BCUT2D eigenvalue weighted by atomic mass is 10.1. The molecule has 0 aliphatic heterocycles. The van der Waals surface area contributed by atoms with Crippen molar-refractivity contribution in [1.29, 1.82) is 0 Å². The molecule has 0 radical (unpaired) electrons. The number of anilines is 1. The van der Waals surface area contributed by atoms with E-state index in [1.807, 2.05) is 19.9 Å². The van der Waals surface area contributed by atoms with E-state index in [0.29, 0.717) is 5.69 Å². The van der Waals surface area contributed by atoms with Gasteiger partial charge in [0, 0.05) is 10.2 Å². The fourth-order valence-electron chi connectivity index (χ4n) is 2.14. The van der Waals surface area contributed by atoms with Crippen LogP contribution in [0.3, 0.4) is 0 Å². The Balaban J connectivity index is 2.45. The number of hydrogen-bond acceptors (Lipinski definition) is 3. The predicted octanol–water partition coefficient (Wildman–Crippen LogP) is 3.62. The third kappa shape index (κ3) is 4.32. The van der Waals surface area contributed by atoms with Gasteiger partial charge in [0.2, 0.25) is 10.0 Å². The Labute approximate surface area is 148 Å². The van der Waals surface area contributed by atoms with Crippen LogP contribution in [0.15, 0.2) is 39.7 Å². The SMILES string of the molecule is Cc1cc(C)cc(NC(=O)c2cc(S(N)(=O)=O)cc(Br)c2Cl)c1. The van der Waals surface area contributed by atoms with Crippen LogP contribution in [0.2, 0.25) is 5.02 Å². The van der Waals surface area contributed by atoms with Gasteiger partial charge in [0.15, 0.2) is 0 Å². The van der Waals surface area contributed by atoms with Crippen molar-refractivity contribution >= 4 is 49.1 Å². The number of rotatable bonds is 3. The molecule has 1 amide bonds. The maximum atomic E-state index is 12.4. The Hall–Kier alpha value is -1.41. The van der Waals surface area contributed by atoms with E-state index in [9.17, 15) is 13.2 Å². The number of nitrogens with one attached hydrogen (secondary N) is 1. The quantitative estimate of drug-likeness (QED) is 0.799. The van der Waals surface area contributed by atoms with E-state index in [1.165, 1.54) is 6.07 Å². The minimum atomic E-state index is -3.95. The highest BCUT2D eigenvalue weighted by Crippen LogP contribution is 2.30. The highest BCUT2D eigenvalue weighted by Gasteiger charge is 2.19. The Kier molecular flexibility index (Phi) is 5.15. The van der Waals surface area contributed by atoms with E-state index in [0.717, 1.165) is 17.2 Å². The molecule has 0 saturated carbocycles. The Bertz CT molecular complexity index is 878. The number of carbonyl (C=O) groups is 1. The number of halogens is 2. The number of nitrogens with two attached hydrogens (primary N) is 1. The second kappa shape index (κ2) is 6.60. The van der Waals surface area contributed by atoms with E-state index in [2.05, 4.69) is 21.2 Å². The normalized spacial score (nSPS) is 11.3. The smallest absolute Gasteiger partial charge is 0.257 e. The van der Waals surface area contributed by atoms with Crippen molar-refractivity contribution in [3.05, 3.63) is 56.5 Å². The number of benzene rings is 2. The van der Waals surface area contributed by atoms with Crippen LogP contribution >= 0.6 is 27.5 Å². The Morgan fingerprint density at radius 1 is 1.13 bits per heavy atom. The zero-order chi connectivity index (χ0) is 17.4. The largest absolute Gasteiger partial charge is 0.322 e. The minimum absolute atomic E-state index is 0.0178. The summed E-state index contributed by atoms with van der Waals surface area (Å²) in [4.78, 5) is 12.2. The second-order valence-electron chi connectivity index (χ2n) is 5.14. The average Bonchev–Trinajstić information content (AvgIpc) is 2.39. The van der Waals surface area contributed by atoms with Gasteiger partial charge in [-0.15, -0.1) is 0 Å². The summed E-state index contributed by atoms with van der Waals surface area (Å²) in [6.07, 6.45) is 0. The molecular formula is C15H14BrClN2O3S. The monoisotopic (exact) mass is 416 g/mol. The molecule has 0 spiro atoms. The van der Waals surface area contributed by atoms with Crippen LogP contribution in [0.5, 0.6) is 0 Å². The van der Waals surface area contributed by atoms with Crippen molar-refractivity contribution in [3.63, 3.8) is 0 Å². The van der Waals surface area contributed by atoms with Gasteiger partial charge in [0.25, 0.3) is 5.91 Å². The Morgan fingerprint density at radius 3 is 2.22 bits per heavy atom. The highest BCUT2D eigenvalue weighted by atomic mass is 79.9. The van der Waals surface area contributed by atoms with Crippen LogP contribution in [0.1, 0.15) is 21.5 Å². The lowest BCUT2D eigenvalue weighted by molar-refractivity contribution is 0.102. The van der Waals surface area contributed by atoms with Gasteiger partial charge in [-0.1, -0.05) is 17.7 Å². The highest BCUT2D eigenvalue weighted by molar-refractivity contribution is 9.10. The number of hydrogen-bond donors (Lipinski definition) is 2. The molecular weight excluding hydrogens is 404 g/mol. The zero-order valence-electron chi connectivity index (χ0n) is 12.4. The number of sulfonamides is 1. The first-order chi connectivity index (χ1) is 10.6. The summed E-state index contributed by atoms with van der Waals surface area (Å²) in [5, 5.41) is 7.93. The van der Waals surface area contributed by atoms with Gasteiger partial charge in [0.1, 0.15) is 0 Å². The van der Waals surface area contributed by atoms with Crippen molar-refractivity contribution in [1.82, 2.24) is 0 Å². The lowest BCUT2D eigenvalue weighted by Gasteiger charge is -2.11.